The van der Waals surface area contributed by atoms with E-state index in [-0.39, 0.29) is 12.8 Å². The largest absolute Gasteiger partial charge is 0.456 e. The lowest BCUT2D eigenvalue weighted by atomic mass is 10.2. The van der Waals surface area contributed by atoms with Crippen LogP contribution in [0.15, 0.2) is 35.7 Å². The fourth-order valence-corrected chi connectivity index (χ4v) is 2.25. The Morgan fingerprint density at radius 2 is 2.17 bits per heavy atom. The molecule has 1 aliphatic heterocycles. The van der Waals surface area contributed by atoms with Crippen molar-refractivity contribution < 1.29 is 19.0 Å². The van der Waals surface area contributed by atoms with Crippen LogP contribution in [0.4, 0.5) is 0 Å². The Hall–Kier alpha value is -2.01. The lowest BCUT2D eigenvalue weighted by molar-refractivity contribution is 0.0476. The Morgan fingerprint density at radius 3 is 3.00 bits per heavy atom. The van der Waals surface area contributed by atoms with E-state index in [1.54, 1.807) is 29.5 Å². The van der Waals surface area contributed by atoms with E-state index in [4.69, 9.17) is 14.2 Å². The minimum absolute atomic E-state index is 0.197. The summed E-state index contributed by atoms with van der Waals surface area (Å²) in [4.78, 5) is 12.8. The smallest absolute Gasteiger partial charge is 0.338 e. The number of fused-ring (bicyclic) bond motifs is 1. The quantitative estimate of drug-likeness (QED) is 0.798. The van der Waals surface area contributed by atoms with E-state index in [2.05, 4.69) is 0 Å². The Kier molecular flexibility index (Phi) is 2.90. The Bertz CT molecular complexity index is 562. The molecule has 0 saturated heterocycles. The molecule has 0 spiro atoms. The van der Waals surface area contributed by atoms with Gasteiger partial charge in [-0.05, 0) is 29.6 Å². The van der Waals surface area contributed by atoms with Crippen molar-refractivity contribution in [3.05, 3.63) is 46.2 Å². The Balaban J connectivity index is 1.69. The second kappa shape index (κ2) is 4.70. The number of hydrogen-bond donors (Lipinski definition) is 0. The summed E-state index contributed by atoms with van der Waals surface area (Å²) in [6, 6.07) is 8.87. The molecule has 0 atom stereocenters. The average Bonchev–Trinajstić information content (AvgIpc) is 3.05. The maximum Gasteiger partial charge on any atom is 0.338 e. The molecule has 5 heteroatoms. The first-order chi connectivity index (χ1) is 8.83. The number of thiophene rings is 1. The molecule has 0 bridgehead atoms. The molecule has 92 valence electrons. The normalized spacial score (nSPS) is 12.4. The fraction of sp³-hybridized carbons (Fsp3) is 0.154. The maximum atomic E-state index is 11.8. The standard InChI is InChI=1S/C13H10O4S/c14-13(15-7-10-2-1-5-18-10)9-3-4-11-12(6-9)17-8-16-11/h1-6H,7-8H2. The molecule has 1 aliphatic rings. The van der Waals surface area contributed by atoms with Gasteiger partial charge in [0.1, 0.15) is 6.61 Å². The van der Waals surface area contributed by atoms with Crippen LogP contribution in [0.1, 0.15) is 15.2 Å². The number of hydrogen-bond acceptors (Lipinski definition) is 5. The molecule has 18 heavy (non-hydrogen) atoms. The Morgan fingerprint density at radius 1 is 1.28 bits per heavy atom. The summed E-state index contributed by atoms with van der Waals surface area (Å²) in [6.07, 6.45) is 0. The predicted octanol–water partition coefficient (Wildman–Crippen LogP) is 2.83. The molecule has 2 heterocycles. The summed E-state index contributed by atoms with van der Waals surface area (Å²) in [5.41, 5.74) is 0.468. The van der Waals surface area contributed by atoms with Gasteiger partial charge in [-0.2, -0.15) is 0 Å². The maximum absolute atomic E-state index is 11.8. The molecule has 0 N–H and O–H groups in total. The van der Waals surface area contributed by atoms with E-state index >= 15 is 0 Å². The highest BCUT2D eigenvalue weighted by Gasteiger charge is 2.16. The van der Waals surface area contributed by atoms with Crippen LogP contribution in [0.2, 0.25) is 0 Å². The van der Waals surface area contributed by atoms with Crippen LogP contribution in [0.5, 0.6) is 11.5 Å². The van der Waals surface area contributed by atoms with E-state index in [9.17, 15) is 4.79 Å². The minimum Gasteiger partial charge on any atom is -0.456 e. The first-order valence-electron chi connectivity index (χ1n) is 5.42. The fourth-order valence-electron chi connectivity index (χ4n) is 1.64. The zero-order valence-electron chi connectivity index (χ0n) is 9.42. The van der Waals surface area contributed by atoms with Crippen molar-refractivity contribution in [2.24, 2.45) is 0 Å². The van der Waals surface area contributed by atoms with Gasteiger partial charge in [0.05, 0.1) is 5.56 Å². The average molecular weight is 262 g/mol. The third kappa shape index (κ3) is 2.17. The minimum atomic E-state index is -0.360. The van der Waals surface area contributed by atoms with Gasteiger partial charge in [0.2, 0.25) is 6.79 Å². The number of rotatable bonds is 3. The van der Waals surface area contributed by atoms with Gasteiger partial charge in [0.15, 0.2) is 11.5 Å². The van der Waals surface area contributed by atoms with Crippen molar-refractivity contribution in [1.29, 1.82) is 0 Å². The zero-order chi connectivity index (χ0) is 12.4. The van der Waals surface area contributed by atoms with Gasteiger partial charge in [-0.1, -0.05) is 6.07 Å². The van der Waals surface area contributed by atoms with Gasteiger partial charge in [-0.15, -0.1) is 11.3 Å². The number of carbonyl (C=O) groups is 1. The van der Waals surface area contributed by atoms with Gasteiger partial charge in [0, 0.05) is 4.88 Å². The Labute approximate surface area is 108 Å². The molecule has 0 aliphatic carbocycles. The predicted molar refractivity (Wildman–Crippen MR) is 66.0 cm³/mol. The second-order valence-corrected chi connectivity index (χ2v) is 4.76. The van der Waals surface area contributed by atoms with Crippen molar-refractivity contribution >= 4 is 17.3 Å². The van der Waals surface area contributed by atoms with Crippen LogP contribution in [-0.4, -0.2) is 12.8 Å². The molecule has 0 saturated carbocycles. The molecular weight excluding hydrogens is 252 g/mol. The van der Waals surface area contributed by atoms with E-state index in [1.165, 1.54) is 0 Å². The molecule has 3 rings (SSSR count). The van der Waals surface area contributed by atoms with Crippen molar-refractivity contribution in [1.82, 2.24) is 0 Å². The number of ether oxygens (including phenoxy) is 3. The molecule has 0 fully saturated rings. The van der Waals surface area contributed by atoms with Gasteiger partial charge in [-0.25, -0.2) is 4.79 Å². The lowest BCUT2D eigenvalue weighted by Gasteiger charge is -2.04. The number of benzene rings is 1. The van der Waals surface area contributed by atoms with Gasteiger partial charge in [0.25, 0.3) is 0 Å². The summed E-state index contributed by atoms with van der Waals surface area (Å²) >= 11 is 1.56. The third-order valence-electron chi connectivity index (χ3n) is 2.53. The van der Waals surface area contributed by atoms with Crippen molar-refractivity contribution in [2.45, 2.75) is 6.61 Å². The molecule has 4 nitrogen and oxygen atoms in total. The van der Waals surface area contributed by atoms with E-state index in [0.29, 0.717) is 23.7 Å². The first-order valence-corrected chi connectivity index (χ1v) is 6.30. The molecule has 0 amide bonds. The van der Waals surface area contributed by atoms with Crippen molar-refractivity contribution in [3.8, 4) is 11.5 Å². The van der Waals surface area contributed by atoms with Crippen LogP contribution in [0.25, 0.3) is 0 Å². The summed E-state index contributed by atoms with van der Waals surface area (Å²) in [5.74, 6) is 0.882. The monoisotopic (exact) mass is 262 g/mol. The van der Waals surface area contributed by atoms with Crippen LogP contribution in [-0.2, 0) is 11.3 Å². The SMILES string of the molecule is O=C(OCc1cccs1)c1ccc2c(c1)OCO2. The zero-order valence-corrected chi connectivity index (χ0v) is 10.2. The van der Waals surface area contributed by atoms with Crippen LogP contribution in [0, 0.1) is 0 Å². The number of esters is 1. The van der Waals surface area contributed by atoms with E-state index < -0.39 is 0 Å². The van der Waals surface area contributed by atoms with Gasteiger partial charge in [-0.3, -0.25) is 0 Å². The van der Waals surface area contributed by atoms with Gasteiger partial charge < -0.3 is 14.2 Å². The molecule has 0 unspecified atom stereocenters. The highest BCUT2D eigenvalue weighted by molar-refractivity contribution is 7.09. The summed E-state index contributed by atoms with van der Waals surface area (Å²) in [7, 11) is 0. The van der Waals surface area contributed by atoms with Crippen molar-refractivity contribution in [2.75, 3.05) is 6.79 Å². The van der Waals surface area contributed by atoms with Crippen molar-refractivity contribution in [3.63, 3.8) is 0 Å². The summed E-state index contributed by atoms with van der Waals surface area (Å²) < 4.78 is 15.6. The molecule has 1 aromatic carbocycles. The van der Waals surface area contributed by atoms with Gasteiger partial charge >= 0.3 is 5.97 Å². The van der Waals surface area contributed by atoms with Crippen LogP contribution >= 0.6 is 11.3 Å². The second-order valence-electron chi connectivity index (χ2n) is 3.72. The third-order valence-corrected chi connectivity index (χ3v) is 3.38. The van der Waals surface area contributed by atoms with Crippen LogP contribution < -0.4 is 9.47 Å². The topological polar surface area (TPSA) is 44.8 Å². The lowest BCUT2D eigenvalue weighted by Crippen LogP contribution is -2.04. The highest BCUT2D eigenvalue weighted by atomic mass is 32.1. The first kappa shape index (κ1) is 11.1. The summed E-state index contributed by atoms with van der Waals surface area (Å²) in [5, 5.41) is 1.95. The molecule has 1 aromatic heterocycles. The number of carbonyl (C=O) groups excluding carboxylic acids is 1. The molecular formula is C13H10O4S. The molecule has 2 aromatic rings. The highest BCUT2D eigenvalue weighted by Crippen LogP contribution is 2.32. The summed E-state index contributed by atoms with van der Waals surface area (Å²) in [6.45, 7) is 0.494. The van der Waals surface area contributed by atoms with E-state index in [0.717, 1.165) is 4.88 Å². The van der Waals surface area contributed by atoms with E-state index in [1.807, 2.05) is 17.5 Å². The van der Waals surface area contributed by atoms with Crippen LogP contribution in [0.3, 0.4) is 0 Å². The molecule has 0 radical (unpaired) electrons.